The minimum absolute atomic E-state index is 0.00926. The van der Waals surface area contributed by atoms with E-state index in [1.807, 2.05) is 0 Å². The van der Waals surface area contributed by atoms with Crippen LogP contribution in [-0.4, -0.2) is 23.6 Å². The number of hydrogen-bond donors (Lipinski definition) is 0. The molecule has 0 amide bonds. The molecule has 0 radical (unpaired) electrons. The summed E-state index contributed by atoms with van der Waals surface area (Å²) in [6.45, 7) is 4.55. The van der Waals surface area contributed by atoms with Gasteiger partial charge in [-0.25, -0.2) is 0 Å². The van der Waals surface area contributed by atoms with E-state index in [4.69, 9.17) is 0 Å². The van der Waals surface area contributed by atoms with Crippen molar-refractivity contribution in [2.45, 2.75) is 40.0 Å². The van der Waals surface area contributed by atoms with Gasteiger partial charge in [-0.2, -0.15) is 0 Å². The van der Waals surface area contributed by atoms with E-state index in [2.05, 4.69) is 0 Å². The second-order valence-electron chi connectivity index (χ2n) is 2.84. The van der Waals surface area contributed by atoms with Crippen LogP contribution in [-0.2, 0) is 19.2 Å². The van der Waals surface area contributed by atoms with Crippen molar-refractivity contribution in [3.8, 4) is 0 Å². The van der Waals surface area contributed by atoms with Crippen molar-refractivity contribution in [3.63, 3.8) is 0 Å². The van der Waals surface area contributed by atoms with E-state index in [9.17, 15) is 19.2 Å². The first-order chi connectivity index (χ1) is 6.43. The Bertz CT molecular complexity index is 206. The van der Waals surface area contributed by atoms with Crippen LogP contribution in [0.4, 0.5) is 0 Å². The molecule has 0 saturated heterocycles. The standard InChI is InChI=1S/2C5H8O2/c1-4(6)3-5(2)7;1-2-5(7)3-4-6/h3H2,1-2H3;4H,2-3H2,1H3. The van der Waals surface area contributed by atoms with Crippen LogP contribution in [0.2, 0.25) is 0 Å². The van der Waals surface area contributed by atoms with E-state index in [1.54, 1.807) is 6.92 Å². The van der Waals surface area contributed by atoms with Crippen molar-refractivity contribution in [1.82, 2.24) is 0 Å². The summed E-state index contributed by atoms with van der Waals surface area (Å²) in [6.07, 6.45) is 1.26. The van der Waals surface area contributed by atoms with Crippen LogP contribution >= 0.6 is 0 Å². The number of carbonyl (C=O) groups excluding carboxylic acids is 4. The van der Waals surface area contributed by atoms with Gasteiger partial charge in [0.05, 0.1) is 12.8 Å². The van der Waals surface area contributed by atoms with E-state index in [0.29, 0.717) is 12.7 Å². The summed E-state index contributed by atoms with van der Waals surface area (Å²) >= 11 is 0. The fourth-order valence-corrected chi connectivity index (χ4v) is 0.588. The lowest BCUT2D eigenvalue weighted by molar-refractivity contribution is -0.125. The molecule has 4 nitrogen and oxygen atoms in total. The van der Waals surface area contributed by atoms with E-state index in [1.165, 1.54) is 13.8 Å². The van der Waals surface area contributed by atoms with Crippen LogP contribution in [0.15, 0.2) is 0 Å². The van der Waals surface area contributed by atoms with Gasteiger partial charge in [-0.05, 0) is 13.8 Å². The summed E-state index contributed by atoms with van der Waals surface area (Å²) in [7, 11) is 0. The lowest BCUT2D eigenvalue weighted by Gasteiger charge is -1.81. The molecule has 0 bridgehead atoms. The highest BCUT2D eigenvalue weighted by molar-refractivity contribution is 5.96. The summed E-state index contributed by atoms with van der Waals surface area (Å²) < 4.78 is 0. The quantitative estimate of drug-likeness (QED) is 0.492. The van der Waals surface area contributed by atoms with Crippen molar-refractivity contribution in [1.29, 1.82) is 0 Å². The molecule has 0 aliphatic rings. The van der Waals surface area contributed by atoms with Gasteiger partial charge < -0.3 is 4.79 Å². The van der Waals surface area contributed by atoms with Gasteiger partial charge >= 0.3 is 0 Å². The van der Waals surface area contributed by atoms with Crippen molar-refractivity contribution >= 4 is 23.6 Å². The Labute approximate surface area is 83.7 Å². The van der Waals surface area contributed by atoms with Crippen molar-refractivity contribution < 1.29 is 19.2 Å². The van der Waals surface area contributed by atoms with Gasteiger partial charge in [0, 0.05) is 6.42 Å². The first kappa shape index (κ1) is 15.2. The second kappa shape index (κ2) is 9.77. The maximum absolute atomic E-state index is 10.2. The summed E-state index contributed by atoms with van der Waals surface area (Å²) in [6, 6.07) is 0. The Morgan fingerprint density at radius 3 is 1.57 bits per heavy atom. The number of aldehydes is 1. The molecule has 0 atom stereocenters. The van der Waals surface area contributed by atoms with Crippen LogP contribution in [0.3, 0.4) is 0 Å². The fourth-order valence-electron chi connectivity index (χ4n) is 0.588. The van der Waals surface area contributed by atoms with Gasteiger partial charge in [0.25, 0.3) is 0 Å². The zero-order valence-electron chi connectivity index (χ0n) is 8.83. The molecular formula is C10H16O4. The molecule has 4 heteroatoms. The van der Waals surface area contributed by atoms with Gasteiger partial charge in [-0.3, -0.25) is 14.4 Å². The Balaban J connectivity index is 0. The minimum atomic E-state index is -0.0625. The summed E-state index contributed by atoms with van der Waals surface area (Å²) in [4.78, 5) is 39.8. The highest BCUT2D eigenvalue weighted by Gasteiger charge is 1.94. The van der Waals surface area contributed by atoms with E-state index in [-0.39, 0.29) is 30.2 Å². The summed E-state index contributed by atoms with van der Waals surface area (Å²) in [5, 5.41) is 0. The molecule has 0 aliphatic carbocycles. The first-order valence-electron chi connectivity index (χ1n) is 4.38. The lowest BCUT2D eigenvalue weighted by atomic mass is 10.2. The predicted molar refractivity (Wildman–Crippen MR) is 52.0 cm³/mol. The van der Waals surface area contributed by atoms with Crippen LogP contribution in [0.5, 0.6) is 0 Å². The molecule has 0 rings (SSSR count). The highest BCUT2D eigenvalue weighted by atomic mass is 16.1. The number of carbonyl (C=O) groups is 4. The largest absolute Gasteiger partial charge is 0.303 e. The van der Waals surface area contributed by atoms with E-state index in [0.717, 1.165) is 0 Å². The zero-order valence-corrected chi connectivity index (χ0v) is 8.83. The average molecular weight is 200 g/mol. The SMILES string of the molecule is CC(=O)CC(C)=O.CCC(=O)CC=O. The molecule has 0 unspecified atom stereocenters. The molecule has 0 heterocycles. The van der Waals surface area contributed by atoms with Crippen LogP contribution in [0.1, 0.15) is 40.0 Å². The van der Waals surface area contributed by atoms with Gasteiger partial charge in [0.2, 0.25) is 0 Å². The predicted octanol–water partition coefficient (Wildman–Crippen LogP) is 1.11. The number of rotatable bonds is 5. The average Bonchev–Trinajstić information content (AvgIpc) is 2.03. The molecule has 0 fully saturated rings. The third-order valence-electron chi connectivity index (χ3n) is 1.20. The molecular weight excluding hydrogens is 184 g/mol. The summed E-state index contributed by atoms with van der Waals surface area (Å²) in [5.74, 6) is -0.116. The Kier molecular flexibility index (Phi) is 10.6. The van der Waals surface area contributed by atoms with Crippen molar-refractivity contribution in [2.75, 3.05) is 0 Å². The Hall–Kier alpha value is -1.32. The van der Waals surface area contributed by atoms with E-state index >= 15 is 0 Å². The normalized spacial score (nSPS) is 8.21. The van der Waals surface area contributed by atoms with Gasteiger partial charge in [-0.1, -0.05) is 6.92 Å². The van der Waals surface area contributed by atoms with Crippen LogP contribution in [0, 0.1) is 0 Å². The molecule has 0 aromatic carbocycles. The molecule has 0 aromatic heterocycles. The van der Waals surface area contributed by atoms with Crippen LogP contribution < -0.4 is 0 Å². The molecule has 14 heavy (non-hydrogen) atoms. The molecule has 0 N–H and O–H groups in total. The lowest BCUT2D eigenvalue weighted by Crippen LogP contribution is -1.97. The first-order valence-corrected chi connectivity index (χ1v) is 4.38. The third-order valence-corrected chi connectivity index (χ3v) is 1.20. The van der Waals surface area contributed by atoms with Gasteiger partial charge in [0.15, 0.2) is 0 Å². The monoisotopic (exact) mass is 200 g/mol. The molecule has 0 spiro atoms. The topological polar surface area (TPSA) is 68.3 Å². The smallest absolute Gasteiger partial charge is 0.139 e. The zero-order chi connectivity index (χ0) is 11.6. The van der Waals surface area contributed by atoms with Crippen molar-refractivity contribution in [2.24, 2.45) is 0 Å². The van der Waals surface area contributed by atoms with E-state index < -0.39 is 0 Å². The number of hydrogen-bond acceptors (Lipinski definition) is 4. The van der Waals surface area contributed by atoms with Gasteiger partial charge in [0.1, 0.15) is 23.6 Å². The minimum Gasteiger partial charge on any atom is -0.303 e. The number of ketones is 3. The second-order valence-corrected chi connectivity index (χ2v) is 2.84. The Morgan fingerprint density at radius 1 is 1.07 bits per heavy atom. The maximum atomic E-state index is 10.2. The fraction of sp³-hybridized carbons (Fsp3) is 0.600. The Morgan fingerprint density at radius 2 is 1.50 bits per heavy atom. The number of Topliss-reactive ketones (excluding diaryl/α,β-unsaturated/α-hetero) is 3. The van der Waals surface area contributed by atoms with Crippen molar-refractivity contribution in [3.05, 3.63) is 0 Å². The summed E-state index contributed by atoms with van der Waals surface area (Å²) in [5.41, 5.74) is 0. The molecule has 0 aliphatic heterocycles. The highest BCUT2D eigenvalue weighted by Crippen LogP contribution is 1.81. The molecule has 0 saturated carbocycles. The maximum Gasteiger partial charge on any atom is 0.139 e. The van der Waals surface area contributed by atoms with Crippen LogP contribution in [0.25, 0.3) is 0 Å². The molecule has 80 valence electrons. The third kappa shape index (κ3) is 17.0. The van der Waals surface area contributed by atoms with Gasteiger partial charge in [-0.15, -0.1) is 0 Å². The molecule has 0 aromatic rings.